The van der Waals surface area contributed by atoms with Crippen LogP contribution < -0.4 is 5.32 Å². The van der Waals surface area contributed by atoms with Crippen molar-refractivity contribution in [3.05, 3.63) is 17.5 Å². The Hall–Kier alpha value is -1.65. The van der Waals surface area contributed by atoms with Gasteiger partial charge in [0, 0.05) is 36.4 Å². The van der Waals surface area contributed by atoms with Gasteiger partial charge in [0.1, 0.15) is 0 Å². The van der Waals surface area contributed by atoms with Crippen LogP contribution in [0.2, 0.25) is 0 Å². The van der Waals surface area contributed by atoms with Crippen LogP contribution in [0.5, 0.6) is 0 Å². The van der Waals surface area contributed by atoms with E-state index >= 15 is 0 Å². The fourth-order valence-electron chi connectivity index (χ4n) is 3.11. The van der Waals surface area contributed by atoms with Gasteiger partial charge in [0.15, 0.2) is 0 Å². The molecule has 5 heteroatoms. The maximum Gasteiger partial charge on any atom is 0.225 e. The lowest BCUT2D eigenvalue weighted by molar-refractivity contribution is -0.136. The standard InChI is InChI=1S/C17H28N4O/c1-5-14(6-2)16(22)21-9-7-15(8-10-21)20-17-18-12(3)11-13(4)19-17/h11,14-15H,5-10H2,1-4H3,(H,18,19,20). The summed E-state index contributed by atoms with van der Waals surface area (Å²) in [6.45, 7) is 9.82. The van der Waals surface area contributed by atoms with Crippen LogP contribution in [-0.2, 0) is 4.79 Å². The highest BCUT2D eigenvalue weighted by Gasteiger charge is 2.26. The van der Waals surface area contributed by atoms with E-state index in [0.717, 1.165) is 50.2 Å². The van der Waals surface area contributed by atoms with Gasteiger partial charge in [-0.15, -0.1) is 0 Å². The third-order valence-electron chi connectivity index (χ3n) is 4.46. The van der Waals surface area contributed by atoms with E-state index in [1.807, 2.05) is 24.8 Å². The lowest BCUT2D eigenvalue weighted by atomic mass is 9.98. The van der Waals surface area contributed by atoms with Gasteiger partial charge in [0.2, 0.25) is 11.9 Å². The van der Waals surface area contributed by atoms with Gasteiger partial charge in [0.25, 0.3) is 0 Å². The number of hydrogen-bond donors (Lipinski definition) is 1. The summed E-state index contributed by atoms with van der Waals surface area (Å²) in [7, 11) is 0. The molecule has 1 aliphatic heterocycles. The van der Waals surface area contributed by atoms with Crippen LogP contribution in [0.15, 0.2) is 6.07 Å². The third kappa shape index (κ3) is 4.18. The number of rotatable bonds is 5. The number of amides is 1. The third-order valence-corrected chi connectivity index (χ3v) is 4.46. The summed E-state index contributed by atoms with van der Waals surface area (Å²) in [5.41, 5.74) is 1.97. The van der Waals surface area contributed by atoms with E-state index in [4.69, 9.17) is 0 Å². The summed E-state index contributed by atoms with van der Waals surface area (Å²) in [5, 5.41) is 3.42. The van der Waals surface area contributed by atoms with E-state index in [9.17, 15) is 4.79 Å². The number of carbonyl (C=O) groups is 1. The molecule has 1 saturated heterocycles. The van der Waals surface area contributed by atoms with Gasteiger partial charge in [0.05, 0.1) is 0 Å². The first-order valence-corrected chi connectivity index (χ1v) is 8.41. The predicted octanol–water partition coefficient (Wildman–Crippen LogP) is 2.93. The first-order chi connectivity index (χ1) is 10.5. The lowest BCUT2D eigenvalue weighted by Gasteiger charge is -2.34. The molecule has 1 amide bonds. The van der Waals surface area contributed by atoms with E-state index in [2.05, 4.69) is 29.1 Å². The van der Waals surface area contributed by atoms with Gasteiger partial charge in [-0.25, -0.2) is 9.97 Å². The molecule has 1 aliphatic rings. The van der Waals surface area contributed by atoms with Gasteiger partial charge in [-0.1, -0.05) is 13.8 Å². The molecule has 122 valence electrons. The number of piperidine rings is 1. The fraction of sp³-hybridized carbons (Fsp3) is 0.706. The molecule has 1 aromatic rings. The van der Waals surface area contributed by atoms with Crippen molar-refractivity contribution in [1.29, 1.82) is 0 Å². The van der Waals surface area contributed by atoms with Crippen molar-refractivity contribution in [3.63, 3.8) is 0 Å². The Labute approximate surface area is 133 Å². The molecule has 0 atom stereocenters. The summed E-state index contributed by atoms with van der Waals surface area (Å²) >= 11 is 0. The van der Waals surface area contributed by atoms with Gasteiger partial charge in [-0.2, -0.15) is 0 Å². The fourth-order valence-corrected chi connectivity index (χ4v) is 3.11. The minimum Gasteiger partial charge on any atom is -0.351 e. The highest BCUT2D eigenvalue weighted by atomic mass is 16.2. The number of aromatic nitrogens is 2. The van der Waals surface area contributed by atoms with Crippen molar-refractivity contribution in [2.45, 2.75) is 59.4 Å². The molecular weight excluding hydrogens is 276 g/mol. The number of nitrogens with zero attached hydrogens (tertiary/aromatic N) is 3. The monoisotopic (exact) mass is 304 g/mol. The van der Waals surface area contributed by atoms with Crippen molar-refractivity contribution in [3.8, 4) is 0 Å². The van der Waals surface area contributed by atoms with E-state index in [0.29, 0.717) is 17.9 Å². The highest BCUT2D eigenvalue weighted by Crippen LogP contribution is 2.19. The van der Waals surface area contributed by atoms with Gasteiger partial charge < -0.3 is 10.2 Å². The number of carbonyl (C=O) groups excluding carboxylic acids is 1. The molecular formula is C17H28N4O. The molecule has 1 aromatic heterocycles. The van der Waals surface area contributed by atoms with Gasteiger partial charge in [-0.05, 0) is 45.6 Å². The first-order valence-electron chi connectivity index (χ1n) is 8.41. The van der Waals surface area contributed by atoms with E-state index in [-0.39, 0.29) is 5.92 Å². The summed E-state index contributed by atoms with van der Waals surface area (Å²) < 4.78 is 0. The second-order valence-electron chi connectivity index (χ2n) is 6.23. The first kappa shape index (κ1) is 16.7. The van der Waals surface area contributed by atoms with Crippen LogP contribution in [0.1, 0.15) is 50.9 Å². The molecule has 0 aromatic carbocycles. The smallest absolute Gasteiger partial charge is 0.225 e. The minimum absolute atomic E-state index is 0.187. The summed E-state index contributed by atoms with van der Waals surface area (Å²) in [6.07, 6.45) is 3.79. The second-order valence-corrected chi connectivity index (χ2v) is 6.23. The topological polar surface area (TPSA) is 58.1 Å². The quantitative estimate of drug-likeness (QED) is 0.908. The molecule has 2 heterocycles. The molecule has 1 fully saturated rings. The van der Waals surface area contributed by atoms with Crippen molar-refractivity contribution >= 4 is 11.9 Å². The highest BCUT2D eigenvalue weighted by molar-refractivity contribution is 5.78. The number of anilines is 1. The zero-order valence-corrected chi connectivity index (χ0v) is 14.2. The van der Waals surface area contributed by atoms with Crippen LogP contribution in [0, 0.1) is 19.8 Å². The maximum atomic E-state index is 12.4. The van der Waals surface area contributed by atoms with Crippen LogP contribution >= 0.6 is 0 Å². The number of aryl methyl sites for hydroxylation is 2. The van der Waals surface area contributed by atoms with Crippen molar-refractivity contribution < 1.29 is 4.79 Å². The predicted molar refractivity (Wildman–Crippen MR) is 88.8 cm³/mol. The molecule has 0 bridgehead atoms. The number of hydrogen-bond acceptors (Lipinski definition) is 4. The molecule has 1 N–H and O–H groups in total. The van der Waals surface area contributed by atoms with E-state index < -0.39 is 0 Å². The summed E-state index contributed by atoms with van der Waals surface area (Å²) in [4.78, 5) is 23.3. The largest absolute Gasteiger partial charge is 0.351 e. The number of nitrogens with one attached hydrogen (secondary N) is 1. The summed E-state index contributed by atoms with van der Waals surface area (Å²) in [6, 6.07) is 2.33. The van der Waals surface area contributed by atoms with Gasteiger partial charge >= 0.3 is 0 Å². The zero-order chi connectivity index (χ0) is 16.1. The Balaban J connectivity index is 1.88. The Morgan fingerprint density at radius 2 is 1.77 bits per heavy atom. The second kappa shape index (κ2) is 7.56. The molecule has 0 radical (unpaired) electrons. The lowest BCUT2D eigenvalue weighted by Crippen LogP contribution is -2.44. The average molecular weight is 304 g/mol. The van der Waals surface area contributed by atoms with Crippen molar-refractivity contribution in [2.75, 3.05) is 18.4 Å². The van der Waals surface area contributed by atoms with Crippen LogP contribution in [0.25, 0.3) is 0 Å². The Bertz CT molecular complexity index is 485. The van der Waals surface area contributed by atoms with E-state index in [1.54, 1.807) is 0 Å². The van der Waals surface area contributed by atoms with Crippen LogP contribution in [-0.4, -0.2) is 39.9 Å². The molecule has 0 spiro atoms. The van der Waals surface area contributed by atoms with Crippen molar-refractivity contribution in [1.82, 2.24) is 14.9 Å². The van der Waals surface area contributed by atoms with E-state index in [1.165, 1.54) is 0 Å². The molecule has 2 rings (SSSR count). The normalized spacial score (nSPS) is 16.1. The Morgan fingerprint density at radius 1 is 1.23 bits per heavy atom. The Morgan fingerprint density at radius 3 is 2.27 bits per heavy atom. The molecule has 0 saturated carbocycles. The maximum absolute atomic E-state index is 12.4. The van der Waals surface area contributed by atoms with Crippen molar-refractivity contribution in [2.24, 2.45) is 5.92 Å². The average Bonchev–Trinajstić information content (AvgIpc) is 2.48. The molecule has 0 unspecified atom stereocenters. The Kier molecular flexibility index (Phi) is 5.75. The SMILES string of the molecule is CCC(CC)C(=O)N1CCC(Nc2nc(C)cc(C)n2)CC1. The van der Waals surface area contributed by atoms with Gasteiger partial charge in [-0.3, -0.25) is 4.79 Å². The molecule has 0 aliphatic carbocycles. The molecule has 22 heavy (non-hydrogen) atoms. The minimum atomic E-state index is 0.187. The zero-order valence-electron chi connectivity index (χ0n) is 14.2. The van der Waals surface area contributed by atoms with Crippen LogP contribution in [0.3, 0.4) is 0 Å². The molecule has 5 nitrogen and oxygen atoms in total. The van der Waals surface area contributed by atoms with Crippen LogP contribution in [0.4, 0.5) is 5.95 Å². The number of likely N-dealkylation sites (tertiary alicyclic amines) is 1. The summed E-state index contributed by atoms with van der Waals surface area (Å²) in [5.74, 6) is 1.22.